The van der Waals surface area contributed by atoms with E-state index in [9.17, 15) is 4.79 Å². The molecule has 1 amide bonds. The largest absolute Gasteiger partial charge is 0.495 e. The van der Waals surface area contributed by atoms with Crippen molar-refractivity contribution in [1.29, 1.82) is 0 Å². The van der Waals surface area contributed by atoms with E-state index in [1.54, 1.807) is 24.1 Å². The van der Waals surface area contributed by atoms with Gasteiger partial charge in [0.1, 0.15) is 11.8 Å². The summed E-state index contributed by atoms with van der Waals surface area (Å²) in [7, 11) is 1.55. The van der Waals surface area contributed by atoms with Crippen molar-refractivity contribution in [2.75, 3.05) is 12.0 Å². The molecule has 5 heteroatoms. The van der Waals surface area contributed by atoms with Gasteiger partial charge < -0.3 is 15.4 Å². The number of nitrogens with two attached hydrogens (primary N) is 1. The molecule has 21 heavy (non-hydrogen) atoms. The average molecular weight is 303 g/mol. The number of ether oxygens (including phenoxy) is 1. The Hall–Kier alpha value is -2.04. The minimum absolute atomic E-state index is 0.106. The van der Waals surface area contributed by atoms with Crippen LogP contribution in [0.1, 0.15) is 11.6 Å². The standard InChI is InChI=1S/C16H15ClN2O2/c1-21-13-8-7-11(9-12(13)17)19-15(14(18)16(19)20)10-5-3-2-4-6-10/h2-9,14-15H,18H2,1H3. The number of β-lactam (4-membered cyclic amide) rings is 1. The number of hydrogen-bond donors (Lipinski definition) is 1. The third-order valence-electron chi connectivity index (χ3n) is 3.70. The Morgan fingerprint density at radius 1 is 1.19 bits per heavy atom. The first-order valence-corrected chi connectivity index (χ1v) is 6.98. The van der Waals surface area contributed by atoms with Crippen molar-refractivity contribution in [3.8, 4) is 5.75 Å². The van der Waals surface area contributed by atoms with Gasteiger partial charge in [-0.25, -0.2) is 0 Å². The number of halogens is 1. The molecule has 2 aromatic carbocycles. The van der Waals surface area contributed by atoms with Crippen LogP contribution in [0.3, 0.4) is 0 Å². The summed E-state index contributed by atoms with van der Waals surface area (Å²) in [6.07, 6.45) is 0. The van der Waals surface area contributed by atoms with E-state index in [0.717, 1.165) is 11.3 Å². The minimum atomic E-state index is -0.520. The van der Waals surface area contributed by atoms with Crippen LogP contribution in [0.5, 0.6) is 5.75 Å². The van der Waals surface area contributed by atoms with E-state index in [-0.39, 0.29) is 11.9 Å². The van der Waals surface area contributed by atoms with Crippen molar-refractivity contribution in [2.45, 2.75) is 12.1 Å². The van der Waals surface area contributed by atoms with Crippen molar-refractivity contribution < 1.29 is 9.53 Å². The molecule has 0 aromatic heterocycles. The zero-order valence-corrected chi connectivity index (χ0v) is 12.2. The Kier molecular flexibility index (Phi) is 3.57. The lowest BCUT2D eigenvalue weighted by atomic mass is 9.88. The van der Waals surface area contributed by atoms with Crippen LogP contribution in [0, 0.1) is 0 Å². The van der Waals surface area contributed by atoms with Crippen LogP contribution < -0.4 is 15.4 Å². The van der Waals surface area contributed by atoms with Gasteiger partial charge in [0.05, 0.1) is 18.2 Å². The van der Waals surface area contributed by atoms with Crippen molar-refractivity contribution in [3.05, 3.63) is 59.1 Å². The molecule has 0 saturated carbocycles. The quantitative estimate of drug-likeness (QED) is 0.887. The van der Waals surface area contributed by atoms with E-state index in [2.05, 4.69) is 0 Å². The Morgan fingerprint density at radius 3 is 2.52 bits per heavy atom. The fraction of sp³-hybridized carbons (Fsp3) is 0.188. The molecule has 1 aliphatic heterocycles. The lowest BCUT2D eigenvalue weighted by molar-refractivity contribution is -0.126. The van der Waals surface area contributed by atoms with Crippen LogP contribution in [0.2, 0.25) is 5.02 Å². The smallest absolute Gasteiger partial charge is 0.247 e. The highest BCUT2D eigenvalue weighted by molar-refractivity contribution is 6.32. The molecule has 1 heterocycles. The first-order chi connectivity index (χ1) is 10.1. The third kappa shape index (κ3) is 2.26. The summed E-state index contributed by atoms with van der Waals surface area (Å²) < 4.78 is 5.13. The number of anilines is 1. The number of amides is 1. The zero-order chi connectivity index (χ0) is 15.0. The molecule has 108 valence electrons. The summed E-state index contributed by atoms with van der Waals surface area (Å²) in [4.78, 5) is 13.8. The normalized spacial score (nSPS) is 21.1. The van der Waals surface area contributed by atoms with Crippen molar-refractivity contribution in [3.63, 3.8) is 0 Å². The van der Waals surface area contributed by atoms with Gasteiger partial charge in [0.2, 0.25) is 5.91 Å². The maximum Gasteiger partial charge on any atom is 0.247 e. The zero-order valence-electron chi connectivity index (χ0n) is 11.5. The molecule has 3 rings (SSSR count). The molecule has 0 bridgehead atoms. The molecule has 0 radical (unpaired) electrons. The Balaban J connectivity index is 1.97. The SMILES string of the molecule is COc1ccc(N2C(=O)C(N)C2c2ccccc2)cc1Cl. The molecule has 2 N–H and O–H groups in total. The first-order valence-electron chi connectivity index (χ1n) is 6.60. The second kappa shape index (κ2) is 5.39. The Morgan fingerprint density at radius 2 is 1.90 bits per heavy atom. The fourth-order valence-electron chi connectivity index (χ4n) is 2.61. The minimum Gasteiger partial charge on any atom is -0.495 e. The van der Waals surface area contributed by atoms with E-state index in [4.69, 9.17) is 22.1 Å². The number of rotatable bonds is 3. The molecule has 2 atom stereocenters. The Bertz CT molecular complexity index is 675. The molecule has 2 aromatic rings. The van der Waals surface area contributed by atoms with Crippen molar-refractivity contribution >= 4 is 23.2 Å². The number of nitrogens with zero attached hydrogens (tertiary/aromatic N) is 1. The maximum absolute atomic E-state index is 12.1. The van der Waals surface area contributed by atoms with Gasteiger partial charge in [0.25, 0.3) is 0 Å². The van der Waals surface area contributed by atoms with E-state index in [0.29, 0.717) is 10.8 Å². The molecule has 4 nitrogen and oxygen atoms in total. The average Bonchev–Trinajstić information content (AvgIpc) is 2.52. The predicted molar refractivity (Wildman–Crippen MR) is 82.6 cm³/mol. The third-order valence-corrected chi connectivity index (χ3v) is 3.99. The van der Waals surface area contributed by atoms with Gasteiger partial charge in [-0.2, -0.15) is 0 Å². The van der Waals surface area contributed by atoms with E-state index in [1.807, 2.05) is 36.4 Å². The number of benzene rings is 2. The van der Waals surface area contributed by atoms with Gasteiger partial charge in [0.15, 0.2) is 0 Å². The maximum atomic E-state index is 12.1. The highest BCUT2D eigenvalue weighted by atomic mass is 35.5. The van der Waals surface area contributed by atoms with Gasteiger partial charge in [-0.15, -0.1) is 0 Å². The van der Waals surface area contributed by atoms with Crippen LogP contribution in [0.4, 0.5) is 5.69 Å². The second-order valence-corrected chi connectivity index (χ2v) is 5.32. The van der Waals surface area contributed by atoms with Crippen LogP contribution >= 0.6 is 11.6 Å². The summed E-state index contributed by atoms with van der Waals surface area (Å²) in [5.41, 5.74) is 7.71. The summed E-state index contributed by atoms with van der Waals surface area (Å²) in [6.45, 7) is 0. The Labute approximate surface area is 128 Å². The number of hydrogen-bond acceptors (Lipinski definition) is 3. The summed E-state index contributed by atoms with van der Waals surface area (Å²) in [6, 6.07) is 14.3. The monoisotopic (exact) mass is 302 g/mol. The molecular formula is C16H15ClN2O2. The van der Waals surface area contributed by atoms with Gasteiger partial charge >= 0.3 is 0 Å². The lowest BCUT2D eigenvalue weighted by Gasteiger charge is -2.45. The molecule has 1 aliphatic rings. The fourth-order valence-corrected chi connectivity index (χ4v) is 2.86. The van der Waals surface area contributed by atoms with E-state index >= 15 is 0 Å². The molecule has 1 saturated heterocycles. The van der Waals surface area contributed by atoms with Gasteiger partial charge in [-0.05, 0) is 23.8 Å². The molecular weight excluding hydrogens is 288 g/mol. The molecule has 1 fully saturated rings. The number of methoxy groups -OCH3 is 1. The second-order valence-electron chi connectivity index (χ2n) is 4.91. The van der Waals surface area contributed by atoms with Crippen LogP contribution in [-0.4, -0.2) is 19.1 Å². The highest BCUT2D eigenvalue weighted by Gasteiger charge is 2.46. The topological polar surface area (TPSA) is 55.6 Å². The van der Waals surface area contributed by atoms with Crippen LogP contribution in [0.15, 0.2) is 48.5 Å². The van der Waals surface area contributed by atoms with Gasteiger partial charge in [-0.3, -0.25) is 4.79 Å². The first kappa shape index (κ1) is 13.9. The van der Waals surface area contributed by atoms with E-state index < -0.39 is 6.04 Å². The molecule has 0 spiro atoms. The lowest BCUT2D eigenvalue weighted by Crippen LogP contribution is -2.63. The van der Waals surface area contributed by atoms with Crippen LogP contribution in [-0.2, 0) is 4.79 Å². The van der Waals surface area contributed by atoms with Gasteiger partial charge in [-0.1, -0.05) is 41.9 Å². The summed E-state index contributed by atoms with van der Waals surface area (Å²) in [5, 5.41) is 0.468. The van der Waals surface area contributed by atoms with Crippen molar-refractivity contribution in [1.82, 2.24) is 0 Å². The number of carbonyl (C=O) groups excluding carboxylic acids is 1. The van der Waals surface area contributed by atoms with Crippen molar-refractivity contribution in [2.24, 2.45) is 5.73 Å². The summed E-state index contributed by atoms with van der Waals surface area (Å²) >= 11 is 6.14. The summed E-state index contributed by atoms with van der Waals surface area (Å²) in [5.74, 6) is 0.471. The van der Waals surface area contributed by atoms with Crippen LogP contribution in [0.25, 0.3) is 0 Å². The predicted octanol–water partition coefficient (Wildman–Crippen LogP) is 2.76. The highest BCUT2D eigenvalue weighted by Crippen LogP contribution is 2.40. The molecule has 0 aliphatic carbocycles. The number of carbonyl (C=O) groups is 1. The van der Waals surface area contributed by atoms with Gasteiger partial charge in [0, 0.05) is 5.69 Å². The van der Waals surface area contributed by atoms with E-state index in [1.165, 1.54) is 0 Å². The molecule has 2 unspecified atom stereocenters.